The zero-order valence-corrected chi connectivity index (χ0v) is 17.1. The van der Waals surface area contributed by atoms with Crippen molar-refractivity contribution in [2.75, 3.05) is 26.2 Å². The summed E-state index contributed by atoms with van der Waals surface area (Å²) in [5, 5.41) is 3.37. The maximum atomic E-state index is 12.7. The van der Waals surface area contributed by atoms with Crippen LogP contribution in [0.2, 0.25) is 0 Å². The molecule has 2 aromatic heterocycles. The van der Waals surface area contributed by atoms with Crippen molar-refractivity contribution in [2.45, 2.75) is 52.1 Å². The van der Waals surface area contributed by atoms with Gasteiger partial charge in [0, 0.05) is 38.9 Å². The second kappa shape index (κ2) is 8.87. The minimum atomic E-state index is -0.133. The highest BCUT2D eigenvalue weighted by Crippen LogP contribution is 2.22. The van der Waals surface area contributed by atoms with Crippen LogP contribution in [-0.2, 0) is 23.0 Å². The molecule has 2 aromatic rings. The Morgan fingerprint density at radius 2 is 2.04 bits per heavy atom. The van der Waals surface area contributed by atoms with Crippen LogP contribution in [-0.4, -0.2) is 57.9 Å². The maximum Gasteiger partial charge on any atom is 0.273 e. The Morgan fingerprint density at radius 1 is 1.32 bits per heavy atom. The highest BCUT2D eigenvalue weighted by Gasteiger charge is 2.23. The summed E-state index contributed by atoms with van der Waals surface area (Å²) < 4.78 is 7.45. The van der Waals surface area contributed by atoms with E-state index in [1.807, 2.05) is 18.7 Å². The van der Waals surface area contributed by atoms with Gasteiger partial charge < -0.3 is 15.4 Å². The van der Waals surface area contributed by atoms with Gasteiger partial charge in [0.25, 0.3) is 5.56 Å². The molecule has 0 atom stereocenters. The number of hydrogen-bond acceptors (Lipinski definition) is 5. The van der Waals surface area contributed by atoms with E-state index in [-0.39, 0.29) is 17.6 Å². The van der Waals surface area contributed by atoms with E-state index in [1.165, 1.54) is 0 Å². The number of aromatic nitrogens is 3. The lowest BCUT2D eigenvalue weighted by molar-refractivity contribution is -0.133. The summed E-state index contributed by atoms with van der Waals surface area (Å²) in [5.41, 5.74) is 8.81. The Bertz CT molecular complexity index is 893. The van der Waals surface area contributed by atoms with Crippen molar-refractivity contribution >= 4 is 16.9 Å². The average Bonchev–Trinajstić information content (AvgIpc) is 2.95. The molecule has 8 heteroatoms. The Kier molecular flexibility index (Phi) is 6.51. The Balaban J connectivity index is 1.60. The smallest absolute Gasteiger partial charge is 0.273 e. The first-order chi connectivity index (χ1) is 13.4. The number of nitrogens with one attached hydrogen (secondary N) is 1. The third-order valence-electron chi connectivity index (χ3n) is 5.66. The lowest BCUT2D eigenvalue weighted by Gasteiger charge is -2.32. The third kappa shape index (κ3) is 4.28. The fourth-order valence-corrected chi connectivity index (χ4v) is 4.01. The van der Waals surface area contributed by atoms with Crippen molar-refractivity contribution in [3.63, 3.8) is 0 Å². The van der Waals surface area contributed by atoms with E-state index < -0.39 is 0 Å². The number of ether oxygens (including phenoxy) is 1. The van der Waals surface area contributed by atoms with Crippen LogP contribution in [0.15, 0.2) is 4.79 Å². The van der Waals surface area contributed by atoms with Crippen LogP contribution in [0, 0.1) is 13.8 Å². The number of pyridine rings is 1. The van der Waals surface area contributed by atoms with Crippen molar-refractivity contribution in [3.8, 4) is 0 Å². The van der Waals surface area contributed by atoms with Crippen molar-refractivity contribution in [2.24, 2.45) is 12.8 Å². The Morgan fingerprint density at radius 3 is 2.71 bits per heavy atom. The normalized spacial score (nSPS) is 15.5. The number of rotatable bonds is 7. The molecule has 1 fully saturated rings. The van der Waals surface area contributed by atoms with Gasteiger partial charge in [-0.25, -0.2) is 4.98 Å². The summed E-state index contributed by atoms with van der Waals surface area (Å²) >= 11 is 0. The zero-order valence-electron chi connectivity index (χ0n) is 17.1. The summed E-state index contributed by atoms with van der Waals surface area (Å²) in [7, 11) is 1.78. The third-order valence-corrected chi connectivity index (χ3v) is 5.66. The van der Waals surface area contributed by atoms with Crippen molar-refractivity contribution < 1.29 is 9.53 Å². The molecule has 28 heavy (non-hydrogen) atoms. The largest absolute Gasteiger partial charge is 0.378 e. The lowest BCUT2D eigenvalue weighted by atomic mass is 9.99. The molecule has 0 aliphatic carbocycles. The predicted molar refractivity (Wildman–Crippen MR) is 108 cm³/mol. The van der Waals surface area contributed by atoms with Crippen molar-refractivity contribution in [1.82, 2.24) is 19.7 Å². The number of aryl methyl sites for hydroxylation is 3. The lowest BCUT2D eigenvalue weighted by Crippen LogP contribution is -2.41. The summed E-state index contributed by atoms with van der Waals surface area (Å²) in [4.78, 5) is 31.4. The number of H-pyrrole nitrogens is 1. The topological polar surface area (TPSA) is 106 Å². The molecule has 1 aliphatic heterocycles. The van der Waals surface area contributed by atoms with Gasteiger partial charge in [-0.2, -0.15) is 0 Å². The van der Waals surface area contributed by atoms with Crippen LogP contribution in [0.25, 0.3) is 11.0 Å². The van der Waals surface area contributed by atoms with Crippen LogP contribution in [0.3, 0.4) is 0 Å². The molecular formula is C20H31N5O3. The molecule has 154 valence electrons. The van der Waals surface area contributed by atoms with E-state index in [9.17, 15) is 9.59 Å². The molecule has 1 amide bonds. The van der Waals surface area contributed by atoms with Gasteiger partial charge in [0.1, 0.15) is 0 Å². The van der Waals surface area contributed by atoms with E-state index in [0.29, 0.717) is 37.0 Å². The number of fused-ring (bicyclic) bond motifs is 1. The van der Waals surface area contributed by atoms with Crippen LogP contribution in [0.1, 0.15) is 42.5 Å². The van der Waals surface area contributed by atoms with Gasteiger partial charge >= 0.3 is 0 Å². The number of amides is 1. The number of piperidine rings is 1. The van der Waals surface area contributed by atoms with Gasteiger partial charge in [-0.05, 0) is 57.2 Å². The predicted octanol–water partition coefficient (Wildman–Crippen LogP) is 1.17. The number of carbonyl (C=O) groups excluding carboxylic acids is 1. The minimum Gasteiger partial charge on any atom is -0.378 e. The summed E-state index contributed by atoms with van der Waals surface area (Å²) in [6.45, 7) is 6.69. The summed E-state index contributed by atoms with van der Waals surface area (Å²) in [5.74, 6) is 0.154. The fourth-order valence-electron chi connectivity index (χ4n) is 4.01. The molecule has 0 saturated carbocycles. The van der Waals surface area contributed by atoms with E-state index in [0.717, 1.165) is 49.2 Å². The van der Waals surface area contributed by atoms with Crippen LogP contribution < -0.4 is 11.3 Å². The number of hydrogen-bond donors (Lipinski definition) is 2. The summed E-state index contributed by atoms with van der Waals surface area (Å²) in [6.07, 6.45) is 3.89. The first-order valence-electron chi connectivity index (χ1n) is 10.1. The van der Waals surface area contributed by atoms with Gasteiger partial charge in [-0.15, -0.1) is 0 Å². The molecule has 3 N–H and O–H groups in total. The average molecular weight is 390 g/mol. The standard InChI is InChI=1S/C20H31N5O3/c1-13-16(14(2)22-19-18(13)20(27)23-24(19)3)5-6-17(26)25-10-7-15(8-11-25)28-12-4-9-21/h15H,4-12,21H2,1-3H3,(H,23,27). The molecule has 8 nitrogen and oxygen atoms in total. The van der Waals surface area contributed by atoms with Gasteiger partial charge in [0.05, 0.1) is 11.5 Å². The van der Waals surface area contributed by atoms with Crippen LogP contribution >= 0.6 is 0 Å². The molecule has 0 bridgehead atoms. The monoisotopic (exact) mass is 389 g/mol. The molecule has 0 aromatic carbocycles. The van der Waals surface area contributed by atoms with E-state index in [2.05, 4.69) is 10.1 Å². The first-order valence-corrected chi connectivity index (χ1v) is 10.1. The quantitative estimate of drug-likeness (QED) is 0.692. The second-order valence-electron chi connectivity index (χ2n) is 7.59. The highest BCUT2D eigenvalue weighted by molar-refractivity contribution is 5.81. The molecule has 3 heterocycles. The number of nitrogens with two attached hydrogens (primary N) is 1. The van der Waals surface area contributed by atoms with E-state index >= 15 is 0 Å². The van der Waals surface area contributed by atoms with Crippen molar-refractivity contribution in [3.05, 3.63) is 27.2 Å². The first kappa shape index (κ1) is 20.5. The number of likely N-dealkylation sites (tertiary alicyclic amines) is 1. The fraction of sp³-hybridized carbons (Fsp3) is 0.650. The number of carbonyl (C=O) groups is 1. The van der Waals surface area contributed by atoms with Crippen molar-refractivity contribution in [1.29, 1.82) is 0 Å². The minimum absolute atomic E-state index is 0.133. The molecule has 1 saturated heterocycles. The molecule has 3 rings (SSSR count). The highest BCUT2D eigenvalue weighted by atomic mass is 16.5. The SMILES string of the molecule is Cc1nc2c(c(C)c1CCC(=O)N1CCC(OCCCN)CC1)c(=O)[nH]n2C. The van der Waals surface area contributed by atoms with Crippen LogP contribution in [0.4, 0.5) is 0 Å². The Labute approximate surface area is 165 Å². The zero-order chi connectivity index (χ0) is 20.3. The molecular weight excluding hydrogens is 358 g/mol. The van der Waals surface area contributed by atoms with Gasteiger partial charge in [-0.3, -0.25) is 19.4 Å². The number of nitrogens with zero attached hydrogens (tertiary/aromatic N) is 3. The molecule has 0 spiro atoms. The van der Waals surface area contributed by atoms with E-state index in [4.69, 9.17) is 10.5 Å². The van der Waals surface area contributed by atoms with Crippen LogP contribution in [0.5, 0.6) is 0 Å². The Hall–Kier alpha value is -2.19. The van der Waals surface area contributed by atoms with Gasteiger partial charge in [0.15, 0.2) is 5.65 Å². The molecule has 0 unspecified atom stereocenters. The van der Waals surface area contributed by atoms with Gasteiger partial charge in [-0.1, -0.05) is 0 Å². The summed E-state index contributed by atoms with van der Waals surface area (Å²) in [6, 6.07) is 0. The molecule has 1 aliphatic rings. The number of aromatic amines is 1. The second-order valence-corrected chi connectivity index (χ2v) is 7.59. The molecule has 0 radical (unpaired) electrons. The maximum absolute atomic E-state index is 12.7. The van der Waals surface area contributed by atoms with E-state index in [1.54, 1.807) is 11.7 Å². The van der Waals surface area contributed by atoms with Gasteiger partial charge in [0.2, 0.25) is 5.91 Å².